The van der Waals surface area contributed by atoms with Crippen molar-refractivity contribution >= 4 is 28.1 Å². The fourth-order valence-electron chi connectivity index (χ4n) is 4.27. The molecule has 1 fully saturated rings. The highest BCUT2D eigenvalue weighted by Crippen LogP contribution is 2.37. The highest BCUT2D eigenvalue weighted by Gasteiger charge is 2.27. The summed E-state index contributed by atoms with van der Waals surface area (Å²) in [6, 6.07) is 24.2. The molecule has 5 rings (SSSR count). The molecule has 1 saturated carbocycles. The first-order valence-electron chi connectivity index (χ1n) is 11.5. The molecule has 34 heavy (non-hydrogen) atoms. The molecule has 1 aliphatic rings. The Labute approximate surface area is 199 Å². The zero-order valence-electron chi connectivity index (χ0n) is 19.7. The Balaban J connectivity index is 1.58. The standard InChI is InChI=1S/C28H27N5O/c1-31(2)23-11-6-20(7-12-23)21-8-13-24(14-9-21)33(18-19-4-5-19)26-16-27(34)32(3)25-15-10-22(17-29)30-28(25)26/h6-16,19H,4-5,18H2,1-3H3. The molecule has 2 heterocycles. The molecular weight excluding hydrogens is 422 g/mol. The summed E-state index contributed by atoms with van der Waals surface area (Å²) < 4.78 is 1.59. The minimum absolute atomic E-state index is 0.0904. The summed E-state index contributed by atoms with van der Waals surface area (Å²) in [5.74, 6) is 0.594. The van der Waals surface area contributed by atoms with E-state index in [1.807, 2.05) is 20.2 Å². The van der Waals surface area contributed by atoms with Gasteiger partial charge in [0.1, 0.15) is 17.3 Å². The van der Waals surface area contributed by atoms with Gasteiger partial charge in [0.15, 0.2) is 0 Å². The number of anilines is 3. The van der Waals surface area contributed by atoms with Crippen molar-refractivity contribution in [1.82, 2.24) is 9.55 Å². The molecule has 6 heteroatoms. The van der Waals surface area contributed by atoms with E-state index in [4.69, 9.17) is 0 Å². The van der Waals surface area contributed by atoms with Crippen LogP contribution in [0, 0.1) is 17.2 Å². The third kappa shape index (κ3) is 4.13. The Morgan fingerprint density at radius 2 is 1.59 bits per heavy atom. The fraction of sp³-hybridized carbons (Fsp3) is 0.250. The van der Waals surface area contributed by atoms with Gasteiger partial charge in [0, 0.05) is 45.1 Å². The summed E-state index contributed by atoms with van der Waals surface area (Å²) in [6.45, 7) is 0.817. The number of rotatable bonds is 6. The topological polar surface area (TPSA) is 65.2 Å². The zero-order valence-corrected chi connectivity index (χ0v) is 19.7. The molecule has 0 amide bonds. The van der Waals surface area contributed by atoms with Crippen LogP contribution < -0.4 is 15.4 Å². The lowest BCUT2D eigenvalue weighted by Gasteiger charge is -2.26. The van der Waals surface area contributed by atoms with E-state index >= 15 is 0 Å². The second kappa shape index (κ2) is 8.68. The van der Waals surface area contributed by atoms with Crippen LogP contribution in [-0.4, -0.2) is 30.2 Å². The Bertz CT molecular complexity index is 1440. The van der Waals surface area contributed by atoms with Gasteiger partial charge in [0.2, 0.25) is 0 Å². The van der Waals surface area contributed by atoms with E-state index < -0.39 is 0 Å². The average molecular weight is 450 g/mol. The summed E-state index contributed by atoms with van der Waals surface area (Å²) in [5.41, 5.74) is 6.87. The van der Waals surface area contributed by atoms with Crippen molar-refractivity contribution in [3.63, 3.8) is 0 Å². The summed E-state index contributed by atoms with van der Waals surface area (Å²) in [5, 5.41) is 9.41. The molecule has 0 unspecified atom stereocenters. The van der Waals surface area contributed by atoms with E-state index in [0.717, 1.165) is 40.3 Å². The Morgan fingerprint density at radius 3 is 2.15 bits per heavy atom. The molecule has 6 nitrogen and oxygen atoms in total. The van der Waals surface area contributed by atoms with Gasteiger partial charge in [0.05, 0.1) is 11.2 Å². The lowest BCUT2D eigenvalue weighted by Crippen LogP contribution is -2.25. The summed E-state index contributed by atoms with van der Waals surface area (Å²) in [7, 11) is 5.81. The lowest BCUT2D eigenvalue weighted by molar-refractivity contribution is 0.811. The van der Waals surface area contributed by atoms with Crippen LogP contribution >= 0.6 is 0 Å². The smallest absolute Gasteiger partial charge is 0.252 e. The molecule has 0 radical (unpaired) electrons. The van der Waals surface area contributed by atoms with E-state index in [1.54, 1.807) is 23.7 Å². The van der Waals surface area contributed by atoms with E-state index in [1.165, 1.54) is 12.8 Å². The van der Waals surface area contributed by atoms with E-state index in [9.17, 15) is 10.1 Å². The van der Waals surface area contributed by atoms with Crippen molar-refractivity contribution in [2.24, 2.45) is 13.0 Å². The molecule has 4 aromatic rings. The van der Waals surface area contributed by atoms with Gasteiger partial charge in [-0.25, -0.2) is 4.98 Å². The Kier molecular flexibility index (Phi) is 5.54. The maximum Gasteiger partial charge on any atom is 0.252 e. The molecule has 1 aliphatic carbocycles. The van der Waals surface area contributed by atoms with Crippen LogP contribution in [0.5, 0.6) is 0 Å². The first kappa shape index (κ1) is 21.7. The van der Waals surface area contributed by atoms with Crippen molar-refractivity contribution in [2.45, 2.75) is 12.8 Å². The molecule has 0 saturated heterocycles. The molecular formula is C28H27N5O. The molecule has 0 bridgehead atoms. The van der Waals surface area contributed by atoms with Crippen LogP contribution in [0.2, 0.25) is 0 Å². The number of nitrogens with zero attached hydrogens (tertiary/aromatic N) is 5. The van der Waals surface area contributed by atoms with Crippen LogP contribution in [0.3, 0.4) is 0 Å². The van der Waals surface area contributed by atoms with Crippen molar-refractivity contribution in [3.05, 3.63) is 82.8 Å². The van der Waals surface area contributed by atoms with Crippen LogP contribution in [0.1, 0.15) is 18.5 Å². The summed E-state index contributed by atoms with van der Waals surface area (Å²) in [6.07, 6.45) is 2.37. The average Bonchev–Trinajstić information content (AvgIpc) is 3.69. The third-order valence-corrected chi connectivity index (χ3v) is 6.51. The Hall–Kier alpha value is -4.11. The van der Waals surface area contributed by atoms with Gasteiger partial charge in [-0.3, -0.25) is 4.79 Å². The highest BCUT2D eigenvalue weighted by atomic mass is 16.1. The van der Waals surface area contributed by atoms with Crippen LogP contribution in [0.4, 0.5) is 17.1 Å². The van der Waals surface area contributed by atoms with E-state index in [-0.39, 0.29) is 5.56 Å². The lowest BCUT2D eigenvalue weighted by atomic mass is 10.0. The predicted octanol–water partition coefficient (Wildman–Crippen LogP) is 5.09. The first-order valence-corrected chi connectivity index (χ1v) is 11.5. The molecule has 2 aromatic heterocycles. The second-order valence-corrected chi connectivity index (χ2v) is 9.15. The Morgan fingerprint density at radius 1 is 0.971 bits per heavy atom. The highest BCUT2D eigenvalue weighted by molar-refractivity contribution is 5.91. The van der Waals surface area contributed by atoms with Gasteiger partial charge in [-0.1, -0.05) is 24.3 Å². The molecule has 170 valence electrons. The zero-order chi connectivity index (χ0) is 23.8. The van der Waals surface area contributed by atoms with Crippen molar-refractivity contribution in [3.8, 4) is 17.2 Å². The number of aromatic nitrogens is 2. The number of hydrogen-bond donors (Lipinski definition) is 0. The van der Waals surface area contributed by atoms with Crippen LogP contribution in [0.25, 0.3) is 22.2 Å². The van der Waals surface area contributed by atoms with Gasteiger partial charge in [0.25, 0.3) is 5.56 Å². The number of aryl methyl sites for hydroxylation is 1. The number of pyridine rings is 2. The quantitative estimate of drug-likeness (QED) is 0.410. The first-order chi connectivity index (χ1) is 16.4. The van der Waals surface area contributed by atoms with Gasteiger partial charge in [-0.15, -0.1) is 0 Å². The third-order valence-electron chi connectivity index (χ3n) is 6.51. The fourth-order valence-corrected chi connectivity index (χ4v) is 4.27. The molecule has 0 atom stereocenters. The molecule has 2 aromatic carbocycles. The van der Waals surface area contributed by atoms with Crippen LogP contribution in [0.15, 0.2) is 71.5 Å². The number of hydrogen-bond acceptors (Lipinski definition) is 5. The minimum atomic E-state index is -0.0904. The maximum atomic E-state index is 12.8. The van der Waals surface area contributed by atoms with Crippen molar-refractivity contribution < 1.29 is 0 Å². The summed E-state index contributed by atoms with van der Waals surface area (Å²) >= 11 is 0. The van der Waals surface area contributed by atoms with Gasteiger partial charge < -0.3 is 14.4 Å². The number of fused-ring (bicyclic) bond motifs is 1. The number of nitriles is 1. The SMILES string of the molecule is CN(C)c1ccc(-c2ccc(N(CC3CC3)c3cc(=O)n(C)c4ccc(C#N)nc34)cc2)cc1. The molecule has 0 spiro atoms. The van der Waals surface area contributed by atoms with Gasteiger partial charge in [-0.2, -0.15) is 5.26 Å². The minimum Gasteiger partial charge on any atom is -0.378 e. The normalized spacial score (nSPS) is 13.0. The van der Waals surface area contributed by atoms with E-state index in [0.29, 0.717) is 17.1 Å². The van der Waals surface area contributed by atoms with Crippen molar-refractivity contribution in [2.75, 3.05) is 30.4 Å². The number of benzene rings is 2. The van der Waals surface area contributed by atoms with E-state index in [2.05, 4.69) is 69.4 Å². The van der Waals surface area contributed by atoms with Crippen molar-refractivity contribution in [1.29, 1.82) is 5.26 Å². The second-order valence-electron chi connectivity index (χ2n) is 9.15. The van der Waals surface area contributed by atoms with Crippen LogP contribution in [-0.2, 0) is 7.05 Å². The predicted molar refractivity (Wildman–Crippen MR) is 138 cm³/mol. The maximum absolute atomic E-state index is 12.8. The molecule has 0 N–H and O–H groups in total. The largest absolute Gasteiger partial charge is 0.378 e. The van der Waals surface area contributed by atoms with Gasteiger partial charge in [-0.05, 0) is 66.3 Å². The summed E-state index contributed by atoms with van der Waals surface area (Å²) in [4.78, 5) is 21.7. The van der Waals surface area contributed by atoms with Gasteiger partial charge >= 0.3 is 0 Å². The monoisotopic (exact) mass is 449 g/mol. The molecule has 0 aliphatic heterocycles.